The number of para-hydroxylation sites is 1. The zero-order valence-electron chi connectivity index (χ0n) is 8.03. The van der Waals surface area contributed by atoms with Crippen LogP contribution < -0.4 is 4.74 Å². The second kappa shape index (κ2) is 5.66. The van der Waals surface area contributed by atoms with Gasteiger partial charge in [0.1, 0.15) is 11.8 Å². The van der Waals surface area contributed by atoms with E-state index in [-0.39, 0.29) is 5.01 Å². The van der Waals surface area contributed by atoms with Gasteiger partial charge in [-0.3, -0.25) is 0 Å². The highest BCUT2D eigenvalue weighted by Crippen LogP contribution is 2.21. The van der Waals surface area contributed by atoms with E-state index in [1.54, 1.807) is 6.07 Å². The standard InChI is InChI=1S/C11H12BrNO/c1-2-5-11(12)14-10-7-4-3-6-9(10)8-13/h3-4,6-7,11H,2,5H2,1H3. The summed E-state index contributed by atoms with van der Waals surface area (Å²) >= 11 is 3.41. The second-order valence-electron chi connectivity index (χ2n) is 2.92. The smallest absolute Gasteiger partial charge is 0.153 e. The van der Waals surface area contributed by atoms with Gasteiger partial charge >= 0.3 is 0 Å². The molecular formula is C11H12BrNO. The largest absolute Gasteiger partial charge is 0.478 e. The van der Waals surface area contributed by atoms with Crippen LogP contribution >= 0.6 is 15.9 Å². The van der Waals surface area contributed by atoms with Crippen LogP contribution in [0.2, 0.25) is 0 Å². The van der Waals surface area contributed by atoms with E-state index in [4.69, 9.17) is 10.00 Å². The molecule has 0 aliphatic heterocycles. The Kier molecular flexibility index (Phi) is 4.48. The maximum Gasteiger partial charge on any atom is 0.153 e. The Hall–Kier alpha value is -1.01. The Morgan fingerprint density at radius 3 is 2.86 bits per heavy atom. The molecule has 0 aliphatic carbocycles. The van der Waals surface area contributed by atoms with Gasteiger partial charge in [-0.1, -0.05) is 25.5 Å². The molecule has 0 amide bonds. The summed E-state index contributed by atoms with van der Waals surface area (Å²) in [5, 5.41) is 8.80. The first kappa shape index (κ1) is 11.1. The number of hydrogen-bond donors (Lipinski definition) is 0. The molecule has 0 radical (unpaired) electrons. The highest BCUT2D eigenvalue weighted by molar-refractivity contribution is 9.09. The number of ether oxygens (including phenoxy) is 1. The molecule has 74 valence electrons. The third kappa shape index (κ3) is 3.04. The lowest BCUT2D eigenvalue weighted by Gasteiger charge is -2.12. The molecule has 1 aromatic carbocycles. The van der Waals surface area contributed by atoms with Gasteiger partial charge in [0.25, 0.3) is 0 Å². The van der Waals surface area contributed by atoms with Gasteiger partial charge in [0, 0.05) is 0 Å². The molecule has 0 fully saturated rings. The first-order chi connectivity index (χ1) is 6.77. The van der Waals surface area contributed by atoms with Gasteiger partial charge in [-0.05, 0) is 34.5 Å². The molecule has 0 aliphatic rings. The SMILES string of the molecule is CCCC(Br)Oc1ccccc1C#N. The first-order valence-corrected chi connectivity index (χ1v) is 5.49. The van der Waals surface area contributed by atoms with Crippen molar-refractivity contribution in [1.82, 2.24) is 0 Å². The van der Waals surface area contributed by atoms with Crippen LogP contribution in [0.15, 0.2) is 24.3 Å². The van der Waals surface area contributed by atoms with Crippen LogP contribution in [0.1, 0.15) is 25.3 Å². The zero-order valence-corrected chi connectivity index (χ0v) is 9.62. The van der Waals surface area contributed by atoms with Crippen LogP contribution in [0.5, 0.6) is 5.75 Å². The quantitative estimate of drug-likeness (QED) is 0.771. The molecule has 14 heavy (non-hydrogen) atoms. The monoisotopic (exact) mass is 253 g/mol. The molecule has 1 rings (SSSR count). The second-order valence-corrected chi connectivity index (χ2v) is 3.95. The van der Waals surface area contributed by atoms with E-state index in [0.29, 0.717) is 11.3 Å². The Balaban J connectivity index is 2.71. The van der Waals surface area contributed by atoms with Crippen LogP contribution in [0.4, 0.5) is 0 Å². The van der Waals surface area contributed by atoms with E-state index >= 15 is 0 Å². The number of alkyl halides is 1. The molecule has 0 bridgehead atoms. The Morgan fingerprint density at radius 1 is 1.50 bits per heavy atom. The highest BCUT2D eigenvalue weighted by atomic mass is 79.9. The van der Waals surface area contributed by atoms with Crippen LogP contribution in [-0.2, 0) is 0 Å². The zero-order chi connectivity index (χ0) is 10.4. The number of hydrogen-bond acceptors (Lipinski definition) is 2. The van der Waals surface area contributed by atoms with Crippen molar-refractivity contribution in [2.45, 2.75) is 24.8 Å². The Morgan fingerprint density at radius 2 is 2.21 bits per heavy atom. The lowest BCUT2D eigenvalue weighted by molar-refractivity contribution is 0.281. The lowest BCUT2D eigenvalue weighted by atomic mass is 10.2. The van der Waals surface area contributed by atoms with E-state index in [1.165, 1.54) is 0 Å². The predicted molar refractivity (Wildman–Crippen MR) is 59.4 cm³/mol. The number of rotatable bonds is 4. The molecule has 0 spiro atoms. The van der Waals surface area contributed by atoms with Gasteiger partial charge in [0.2, 0.25) is 0 Å². The summed E-state index contributed by atoms with van der Waals surface area (Å²) < 4.78 is 5.57. The van der Waals surface area contributed by atoms with Gasteiger partial charge in [-0.15, -0.1) is 0 Å². The van der Waals surface area contributed by atoms with Gasteiger partial charge in [-0.25, -0.2) is 0 Å². The molecule has 3 heteroatoms. The third-order valence-electron chi connectivity index (χ3n) is 1.78. The van der Waals surface area contributed by atoms with Gasteiger partial charge < -0.3 is 4.74 Å². The maximum absolute atomic E-state index is 8.82. The summed E-state index contributed by atoms with van der Waals surface area (Å²) in [4.78, 5) is 0. The van der Waals surface area contributed by atoms with Crippen LogP contribution in [-0.4, -0.2) is 5.01 Å². The van der Waals surface area contributed by atoms with Gasteiger partial charge in [0.05, 0.1) is 5.56 Å². The average Bonchev–Trinajstić information content (AvgIpc) is 2.19. The van der Waals surface area contributed by atoms with Crippen molar-refractivity contribution in [2.24, 2.45) is 0 Å². The molecule has 0 heterocycles. The fourth-order valence-corrected chi connectivity index (χ4v) is 1.74. The van der Waals surface area contributed by atoms with Gasteiger partial charge in [0.15, 0.2) is 5.01 Å². The maximum atomic E-state index is 8.82. The molecular weight excluding hydrogens is 242 g/mol. The van der Waals surface area contributed by atoms with Crippen molar-refractivity contribution < 1.29 is 4.74 Å². The molecule has 1 atom stereocenters. The summed E-state index contributed by atoms with van der Waals surface area (Å²) in [5.74, 6) is 0.644. The number of nitrogens with zero attached hydrogens (tertiary/aromatic N) is 1. The van der Waals surface area contributed by atoms with E-state index in [9.17, 15) is 0 Å². The minimum absolute atomic E-state index is 0.0120. The highest BCUT2D eigenvalue weighted by Gasteiger charge is 2.07. The molecule has 0 saturated heterocycles. The van der Waals surface area contributed by atoms with Crippen molar-refractivity contribution in [2.75, 3.05) is 0 Å². The fourth-order valence-electron chi connectivity index (χ4n) is 1.09. The molecule has 2 nitrogen and oxygen atoms in total. The van der Waals surface area contributed by atoms with Crippen molar-refractivity contribution in [3.05, 3.63) is 29.8 Å². The van der Waals surface area contributed by atoms with E-state index in [0.717, 1.165) is 12.8 Å². The lowest BCUT2D eigenvalue weighted by Crippen LogP contribution is -2.08. The van der Waals surface area contributed by atoms with Crippen LogP contribution in [0, 0.1) is 11.3 Å². The van der Waals surface area contributed by atoms with E-state index in [2.05, 4.69) is 28.9 Å². The number of benzene rings is 1. The minimum Gasteiger partial charge on any atom is -0.478 e. The van der Waals surface area contributed by atoms with Crippen LogP contribution in [0.3, 0.4) is 0 Å². The topological polar surface area (TPSA) is 33.0 Å². The fraction of sp³-hybridized carbons (Fsp3) is 0.364. The molecule has 0 N–H and O–H groups in total. The molecule has 1 unspecified atom stereocenters. The Bertz CT molecular complexity index is 332. The normalized spacial score (nSPS) is 11.8. The average molecular weight is 254 g/mol. The molecule has 1 aromatic rings. The van der Waals surface area contributed by atoms with E-state index in [1.807, 2.05) is 18.2 Å². The molecule has 0 saturated carbocycles. The van der Waals surface area contributed by atoms with Crippen molar-refractivity contribution >= 4 is 15.9 Å². The van der Waals surface area contributed by atoms with Crippen molar-refractivity contribution in [1.29, 1.82) is 5.26 Å². The summed E-state index contributed by atoms with van der Waals surface area (Å²) in [7, 11) is 0. The summed E-state index contributed by atoms with van der Waals surface area (Å²) in [6.07, 6.45) is 1.98. The van der Waals surface area contributed by atoms with E-state index < -0.39 is 0 Å². The van der Waals surface area contributed by atoms with Crippen molar-refractivity contribution in [3.8, 4) is 11.8 Å². The van der Waals surface area contributed by atoms with Gasteiger partial charge in [-0.2, -0.15) is 5.26 Å². The summed E-state index contributed by atoms with van der Waals surface area (Å²) in [6, 6.07) is 9.35. The summed E-state index contributed by atoms with van der Waals surface area (Å²) in [6.45, 7) is 2.09. The number of halogens is 1. The first-order valence-electron chi connectivity index (χ1n) is 4.57. The van der Waals surface area contributed by atoms with Crippen molar-refractivity contribution in [3.63, 3.8) is 0 Å². The molecule has 0 aromatic heterocycles. The summed E-state index contributed by atoms with van der Waals surface area (Å²) in [5.41, 5.74) is 0.577. The third-order valence-corrected chi connectivity index (χ3v) is 2.42. The minimum atomic E-state index is -0.0120. The number of nitriles is 1. The Labute approximate surface area is 92.6 Å². The van der Waals surface area contributed by atoms with Crippen LogP contribution in [0.25, 0.3) is 0 Å². The predicted octanol–water partition coefficient (Wildman–Crippen LogP) is 3.46.